The minimum absolute atomic E-state index is 0.151. The maximum atomic E-state index is 9.14. The number of aryl methyl sites for hydroxylation is 1. The third-order valence-corrected chi connectivity index (χ3v) is 3.23. The summed E-state index contributed by atoms with van der Waals surface area (Å²) in [4.78, 5) is 0. The van der Waals surface area contributed by atoms with Gasteiger partial charge in [0.1, 0.15) is 0 Å². The van der Waals surface area contributed by atoms with Crippen LogP contribution in [-0.4, -0.2) is 27.5 Å². The molecule has 104 valence electrons. The molecule has 1 rings (SSSR count). The number of rotatable bonds is 7. The van der Waals surface area contributed by atoms with Crippen LogP contribution in [0.1, 0.15) is 46.2 Å². The van der Waals surface area contributed by atoms with E-state index in [1.807, 2.05) is 10.9 Å². The topological polar surface area (TPSA) is 50.1 Å². The van der Waals surface area contributed by atoms with Crippen molar-refractivity contribution in [2.75, 3.05) is 6.61 Å². The van der Waals surface area contributed by atoms with Gasteiger partial charge in [-0.2, -0.15) is 5.10 Å². The molecular weight excluding hydrogens is 226 g/mol. The summed E-state index contributed by atoms with van der Waals surface area (Å²) in [6, 6.07) is 2.37. The zero-order valence-corrected chi connectivity index (χ0v) is 12.1. The van der Waals surface area contributed by atoms with Crippen molar-refractivity contribution in [3.05, 3.63) is 18.0 Å². The highest BCUT2D eigenvalue weighted by atomic mass is 16.3. The molecule has 1 atom stereocenters. The van der Waals surface area contributed by atoms with Gasteiger partial charge >= 0.3 is 0 Å². The molecule has 0 saturated carbocycles. The molecule has 18 heavy (non-hydrogen) atoms. The monoisotopic (exact) mass is 253 g/mol. The van der Waals surface area contributed by atoms with Crippen LogP contribution in [0.15, 0.2) is 12.3 Å². The van der Waals surface area contributed by atoms with Crippen molar-refractivity contribution in [2.45, 2.75) is 59.7 Å². The first-order valence-electron chi connectivity index (χ1n) is 6.84. The van der Waals surface area contributed by atoms with E-state index in [1.165, 1.54) is 5.69 Å². The van der Waals surface area contributed by atoms with Crippen molar-refractivity contribution in [3.8, 4) is 0 Å². The highest BCUT2D eigenvalue weighted by Crippen LogP contribution is 2.22. The SMILES string of the molecule is CCCn1nccc1CNC(CCO)C(C)(C)C. The molecule has 0 fully saturated rings. The van der Waals surface area contributed by atoms with Crippen LogP contribution in [0.25, 0.3) is 0 Å². The highest BCUT2D eigenvalue weighted by molar-refractivity contribution is 5.00. The van der Waals surface area contributed by atoms with Crippen molar-refractivity contribution in [2.24, 2.45) is 5.41 Å². The van der Waals surface area contributed by atoms with E-state index in [1.54, 1.807) is 0 Å². The van der Waals surface area contributed by atoms with Gasteiger partial charge in [0.05, 0.1) is 5.69 Å². The summed E-state index contributed by atoms with van der Waals surface area (Å²) in [5.74, 6) is 0. The number of aromatic nitrogens is 2. The fourth-order valence-electron chi connectivity index (χ4n) is 2.12. The van der Waals surface area contributed by atoms with Crippen LogP contribution in [0.3, 0.4) is 0 Å². The first-order valence-corrected chi connectivity index (χ1v) is 6.84. The second-order valence-corrected chi connectivity index (χ2v) is 5.86. The van der Waals surface area contributed by atoms with Crippen LogP contribution in [0.4, 0.5) is 0 Å². The molecule has 0 bridgehead atoms. The predicted octanol–water partition coefficient (Wildman–Crippen LogP) is 2.18. The molecule has 1 aromatic heterocycles. The molecule has 1 heterocycles. The molecule has 1 aromatic rings. The van der Waals surface area contributed by atoms with Crippen molar-refractivity contribution >= 4 is 0 Å². The molecule has 0 aliphatic carbocycles. The van der Waals surface area contributed by atoms with E-state index >= 15 is 0 Å². The second-order valence-electron chi connectivity index (χ2n) is 5.86. The summed E-state index contributed by atoms with van der Waals surface area (Å²) in [7, 11) is 0. The maximum absolute atomic E-state index is 9.14. The summed E-state index contributed by atoms with van der Waals surface area (Å²) >= 11 is 0. The van der Waals surface area contributed by atoms with Crippen LogP contribution in [-0.2, 0) is 13.1 Å². The molecule has 4 heteroatoms. The fourth-order valence-corrected chi connectivity index (χ4v) is 2.12. The summed E-state index contributed by atoms with van der Waals surface area (Å²) in [5, 5.41) is 17.0. The minimum Gasteiger partial charge on any atom is -0.396 e. The Morgan fingerprint density at radius 2 is 2.17 bits per heavy atom. The molecule has 4 nitrogen and oxygen atoms in total. The molecule has 0 spiro atoms. The van der Waals surface area contributed by atoms with Gasteiger partial charge in [0.25, 0.3) is 0 Å². The average Bonchev–Trinajstić information content (AvgIpc) is 2.71. The lowest BCUT2D eigenvalue weighted by Gasteiger charge is -2.31. The predicted molar refractivity (Wildman–Crippen MR) is 74.3 cm³/mol. The Bertz CT molecular complexity index is 341. The van der Waals surface area contributed by atoms with E-state index < -0.39 is 0 Å². The first kappa shape index (κ1) is 15.2. The third-order valence-electron chi connectivity index (χ3n) is 3.23. The van der Waals surface area contributed by atoms with Gasteiger partial charge in [-0.15, -0.1) is 0 Å². The number of aliphatic hydroxyl groups excluding tert-OH is 1. The Balaban J connectivity index is 2.58. The van der Waals surface area contributed by atoms with Crippen LogP contribution in [0.2, 0.25) is 0 Å². The standard InChI is InChI=1S/C14H27N3O/c1-5-9-17-12(6-8-16-17)11-15-13(7-10-18)14(2,3)4/h6,8,13,15,18H,5,7,9-11H2,1-4H3. The molecule has 0 saturated heterocycles. The lowest BCUT2D eigenvalue weighted by Crippen LogP contribution is -2.41. The summed E-state index contributed by atoms with van der Waals surface area (Å²) in [6.07, 6.45) is 3.73. The van der Waals surface area contributed by atoms with Crippen molar-refractivity contribution < 1.29 is 5.11 Å². The number of aliphatic hydroxyl groups is 1. The van der Waals surface area contributed by atoms with Gasteiger partial charge in [-0.05, 0) is 24.3 Å². The van der Waals surface area contributed by atoms with Crippen LogP contribution >= 0.6 is 0 Å². The van der Waals surface area contributed by atoms with E-state index in [2.05, 4.69) is 44.2 Å². The average molecular weight is 253 g/mol. The lowest BCUT2D eigenvalue weighted by atomic mass is 9.85. The minimum atomic E-state index is 0.151. The lowest BCUT2D eigenvalue weighted by molar-refractivity contribution is 0.195. The number of nitrogens with zero attached hydrogens (tertiary/aromatic N) is 2. The maximum Gasteiger partial charge on any atom is 0.0522 e. The normalized spacial score (nSPS) is 13.8. The molecule has 0 amide bonds. The molecule has 1 unspecified atom stereocenters. The molecule has 0 aromatic carbocycles. The van der Waals surface area contributed by atoms with Gasteiger partial charge < -0.3 is 10.4 Å². The van der Waals surface area contributed by atoms with E-state index in [4.69, 9.17) is 5.11 Å². The van der Waals surface area contributed by atoms with E-state index in [9.17, 15) is 0 Å². The van der Waals surface area contributed by atoms with Crippen LogP contribution < -0.4 is 5.32 Å². The zero-order valence-electron chi connectivity index (χ0n) is 12.1. The number of hydrogen-bond donors (Lipinski definition) is 2. The Morgan fingerprint density at radius 1 is 1.44 bits per heavy atom. The van der Waals surface area contributed by atoms with Gasteiger partial charge in [0.15, 0.2) is 0 Å². The van der Waals surface area contributed by atoms with Crippen molar-refractivity contribution in [1.29, 1.82) is 0 Å². The summed E-state index contributed by atoms with van der Waals surface area (Å²) < 4.78 is 2.05. The van der Waals surface area contributed by atoms with E-state index in [-0.39, 0.29) is 12.0 Å². The summed E-state index contributed by atoms with van der Waals surface area (Å²) in [5.41, 5.74) is 1.36. The van der Waals surface area contributed by atoms with Gasteiger partial charge in [-0.25, -0.2) is 0 Å². The Morgan fingerprint density at radius 3 is 2.72 bits per heavy atom. The van der Waals surface area contributed by atoms with Crippen LogP contribution in [0, 0.1) is 5.41 Å². The quantitative estimate of drug-likeness (QED) is 0.783. The molecule has 0 aliphatic heterocycles. The third kappa shape index (κ3) is 4.42. The fraction of sp³-hybridized carbons (Fsp3) is 0.786. The van der Waals surface area contributed by atoms with Crippen LogP contribution in [0.5, 0.6) is 0 Å². The second kappa shape index (κ2) is 6.90. The van der Waals surface area contributed by atoms with E-state index in [0.717, 1.165) is 25.9 Å². The highest BCUT2D eigenvalue weighted by Gasteiger charge is 2.23. The Labute approximate surface area is 110 Å². The largest absolute Gasteiger partial charge is 0.396 e. The summed E-state index contributed by atoms with van der Waals surface area (Å²) in [6.45, 7) is 10.7. The number of nitrogens with one attached hydrogen (secondary N) is 1. The van der Waals surface area contributed by atoms with Gasteiger partial charge in [-0.3, -0.25) is 4.68 Å². The first-order chi connectivity index (χ1) is 8.49. The van der Waals surface area contributed by atoms with Gasteiger partial charge in [0.2, 0.25) is 0 Å². The Kier molecular flexibility index (Phi) is 5.82. The van der Waals surface area contributed by atoms with Gasteiger partial charge in [0, 0.05) is 31.9 Å². The zero-order chi connectivity index (χ0) is 13.6. The van der Waals surface area contributed by atoms with Crippen molar-refractivity contribution in [1.82, 2.24) is 15.1 Å². The smallest absolute Gasteiger partial charge is 0.0522 e. The molecule has 0 radical (unpaired) electrons. The van der Waals surface area contributed by atoms with E-state index in [0.29, 0.717) is 6.04 Å². The van der Waals surface area contributed by atoms with Crippen molar-refractivity contribution in [3.63, 3.8) is 0 Å². The number of hydrogen-bond acceptors (Lipinski definition) is 3. The Hall–Kier alpha value is -0.870. The molecule has 2 N–H and O–H groups in total. The molecule has 0 aliphatic rings. The molecular formula is C14H27N3O. The van der Waals surface area contributed by atoms with Gasteiger partial charge in [-0.1, -0.05) is 27.7 Å².